The van der Waals surface area contributed by atoms with Crippen molar-refractivity contribution in [3.63, 3.8) is 0 Å². The van der Waals surface area contributed by atoms with Gasteiger partial charge < -0.3 is 29.1 Å². The summed E-state index contributed by atoms with van der Waals surface area (Å²) in [6.45, 7) is 7.71. The number of hydrogen-bond donors (Lipinski definition) is 1. The number of anilines is 2. The summed E-state index contributed by atoms with van der Waals surface area (Å²) in [6.07, 6.45) is 3.53. The number of nitrogens with zero attached hydrogens (tertiary/aromatic N) is 8. The second-order valence-corrected chi connectivity index (χ2v) is 13.4. The Balaban J connectivity index is 0.924. The van der Waals surface area contributed by atoms with Crippen LogP contribution in [0.5, 0.6) is 5.75 Å². The lowest BCUT2D eigenvalue weighted by Crippen LogP contribution is -2.46. The Hall–Kier alpha value is -4.40. The number of aromatic nitrogens is 6. The van der Waals surface area contributed by atoms with Gasteiger partial charge in [-0.1, -0.05) is 29.3 Å². The summed E-state index contributed by atoms with van der Waals surface area (Å²) in [5, 5.41) is 19.2. The molecule has 7 rings (SSSR count). The Bertz CT molecular complexity index is 1940. The van der Waals surface area contributed by atoms with E-state index >= 15 is 0 Å². The van der Waals surface area contributed by atoms with E-state index in [-0.39, 0.29) is 18.3 Å². The minimum Gasteiger partial charge on any atom is -0.491 e. The van der Waals surface area contributed by atoms with Gasteiger partial charge in [0.15, 0.2) is 0 Å². The standard InChI is InChI=1S/C35H38Cl2N8O5/c1-24(25(2)46)45-34(47)44(23-40-45)29-6-4-27(5-7-29)41-13-15-42(16-14-41)28-8-10-30(11-9-28)48-18-31-19-49-35(50-31,20-43-22-38-21-39-43)32-12-3-26(36)17-33(32)37/h3-12,17,21-25,31,46H,13-16,18-20H2,1-2H3/t24-,25-,31+,35+/m1/s1. The van der Waals surface area contributed by atoms with Crippen molar-refractivity contribution in [2.45, 2.75) is 44.4 Å². The molecule has 3 aromatic carbocycles. The smallest absolute Gasteiger partial charge is 0.350 e. The summed E-state index contributed by atoms with van der Waals surface area (Å²) in [4.78, 5) is 21.6. The van der Waals surface area contributed by atoms with Gasteiger partial charge in [0, 0.05) is 48.1 Å². The van der Waals surface area contributed by atoms with E-state index in [0.29, 0.717) is 28.8 Å². The van der Waals surface area contributed by atoms with Crippen molar-refractivity contribution in [3.05, 3.63) is 112 Å². The summed E-state index contributed by atoms with van der Waals surface area (Å²) in [5.41, 5.74) is 3.33. The largest absolute Gasteiger partial charge is 0.491 e. The molecule has 0 aliphatic carbocycles. The first kappa shape index (κ1) is 34.1. The van der Waals surface area contributed by atoms with Crippen molar-refractivity contribution in [1.29, 1.82) is 0 Å². The third-order valence-electron chi connectivity index (χ3n) is 9.23. The molecule has 0 unspecified atom stereocenters. The van der Waals surface area contributed by atoms with Gasteiger partial charge in [0.05, 0.1) is 29.5 Å². The lowest BCUT2D eigenvalue weighted by atomic mass is 10.1. The van der Waals surface area contributed by atoms with Crippen LogP contribution in [-0.4, -0.2) is 85.8 Å². The maximum absolute atomic E-state index is 12.8. The third kappa shape index (κ3) is 7.10. The molecule has 0 saturated carbocycles. The van der Waals surface area contributed by atoms with Crippen LogP contribution in [0.4, 0.5) is 11.4 Å². The van der Waals surface area contributed by atoms with E-state index in [9.17, 15) is 9.90 Å². The molecule has 2 aliphatic rings. The van der Waals surface area contributed by atoms with Gasteiger partial charge in [-0.15, -0.1) is 0 Å². The summed E-state index contributed by atoms with van der Waals surface area (Å²) in [6, 6.07) is 20.8. The van der Waals surface area contributed by atoms with Crippen LogP contribution >= 0.6 is 23.2 Å². The van der Waals surface area contributed by atoms with Crippen molar-refractivity contribution >= 4 is 34.6 Å². The van der Waals surface area contributed by atoms with Gasteiger partial charge in [0.1, 0.15) is 44.0 Å². The van der Waals surface area contributed by atoms with Crippen LogP contribution in [0, 0.1) is 0 Å². The van der Waals surface area contributed by atoms with E-state index in [4.69, 9.17) is 37.4 Å². The van der Waals surface area contributed by atoms with Gasteiger partial charge in [0.2, 0.25) is 5.79 Å². The molecule has 1 N–H and O–H groups in total. The highest BCUT2D eigenvalue weighted by molar-refractivity contribution is 6.35. The molecule has 0 spiro atoms. The lowest BCUT2D eigenvalue weighted by molar-refractivity contribution is -0.190. The highest BCUT2D eigenvalue weighted by Gasteiger charge is 2.45. The SMILES string of the molecule is C[C@H]([C@@H](C)O)n1ncn(-c2ccc(N3CCN(c4ccc(OC[C@H]5CO[C@](Cn6cncn6)(c6ccc(Cl)cc6Cl)O5)cc4)CC3)cc2)c1=O. The van der Waals surface area contributed by atoms with Crippen LogP contribution in [0.1, 0.15) is 25.5 Å². The third-order valence-corrected chi connectivity index (χ3v) is 9.77. The predicted octanol–water partition coefficient (Wildman–Crippen LogP) is 4.55. The van der Waals surface area contributed by atoms with Crippen LogP contribution in [0.15, 0.2) is 90.5 Å². The molecule has 2 fully saturated rings. The van der Waals surface area contributed by atoms with E-state index in [0.717, 1.165) is 49.0 Å². The highest BCUT2D eigenvalue weighted by atomic mass is 35.5. The summed E-state index contributed by atoms with van der Waals surface area (Å²) in [7, 11) is 0. The fourth-order valence-corrected chi connectivity index (χ4v) is 6.80. The molecular weight excluding hydrogens is 683 g/mol. The van der Waals surface area contributed by atoms with Gasteiger partial charge in [0.25, 0.3) is 0 Å². The molecule has 0 bridgehead atoms. The van der Waals surface area contributed by atoms with Gasteiger partial charge >= 0.3 is 5.69 Å². The van der Waals surface area contributed by atoms with Crippen LogP contribution in [0.2, 0.25) is 10.0 Å². The van der Waals surface area contributed by atoms with Crippen LogP contribution in [0.3, 0.4) is 0 Å². The van der Waals surface area contributed by atoms with E-state index in [2.05, 4.69) is 37.1 Å². The average Bonchev–Trinajstić information content (AvgIpc) is 3.88. The minimum absolute atomic E-state index is 0.261. The molecule has 13 nitrogen and oxygen atoms in total. The molecule has 2 aliphatic heterocycles. The Morgan fingerprint density at radius 2 is 1.58 bits per heavy atom. The minimum atomic E-state index is -1.17. The maximum atomic E-state index is 12.8. The predicted molar refractivity (Wildman–Crippen MR) is 190 cm³/mol. The van der Waals surface area contributed by atoms with Crippen molar-refractivity contribution < 1.29 is 19.3 Å². The second kappa shape index (κ2) is 14.4. The van der Waals surface area contributed by atoms with E-state index in [1.54, 1.807) is 37.0 Å². The molecule has 0 amide bonds. The normalized spacial score (nSPS) is 20.6. The Kier molecular flexibility index (Phi) is 9.84. The Morgan fingerprint density at radius 3 is 2.20 bits per heavy atom. The topological polar surface area (TPSA) is 125 Å². The van der Waals surface area contributed by atoms with Gasteiger partial charge in [-0.05, 0) is 74.5 Å². The second-order valence-electron chi connectivity index (χ2n) is 12.5. The zero-order valence-electron chi connectivity index (χ0n) is 27.7. The fraction of sp³-hybridized carbons (Fsp3) is 0.371. The molecule has 4 heterocycles. The quantitative estimate of drug-likeness (QED) is 0.208. The number of hydrogen-bond acceptors (Lipinski definition) is 10. The number of piperazine rings is 1. The molecule has 2 saturated heterocycles. The summed E-state index contributed by atoms with van der Waals surface area (Å²) < 4.78 is 23.3. The fourth-order valence-electron chi connectivity index (χ4n) is 6.25. The van der Waals surface area contributed by atoms with Crippen molar-refractivity contribution in [2.75, 3.05) is 49.2 Å². The van der Waals surface area contributed by atoms with E-state index in [1.165, 1.54) is 21.9 Å². The van der Waals surface area contributed by atoms with Crippen molar-refractivity contribution in [1.82, 2.24) is 29.1 Å². The molecule has 4 atom stereocenters. The molecule has 5 aromatic rings. The molecule has 15 heteroatoms. The zero-order chi connectivity index (χ0) is 34.8. The lowest BCUT2D eigenvalue weighted by Gasteiger charge is -2.37. The monoisotopic (exact) mass is 720 g/mol. The number of benzene rings is 3. The van der Waals surface area contributed by atoms with Crippen LogP contribution in [0.25, 0.3) is 5.69 Å². The van der Waals surface area contributed by atoms with Crippen molar-refractivity contribution in [2.24, 2.45) is 0 Å². The van der Waals surface area contributed by atoms with Gasteiger partial charge in [-0.3, -0.25) is 0 Å². The summed E-state index contributed by atoms with van der Waals surface area (Å²) in [5.74, 6) is -0.432. The van der Waals surface area contributed by atoms with Crippen LogP contribution < -0.4 is 20.2 Å². The number of aliphatic hydroxyl groups is 1. The van der Waals surface area contributed by atoms with Crippen molar-refractivity contribution in [3.8, 4) is 11.4 Å². The maximum Gasteiger partial charge on any atom is 0.350 e. The Morgan fingerprint density at radius 1 is 0.920 bits per heavy atom. The molecule has 50 heavy (non-hydrogen) atoms. The molecule has 262 valence electrons. The van der Waals surface area contributed by atoms with Crippen LogP contribution in [-0.2, 0) is 21.8 Å². The number of halogens is 2. The molecular formula is C35H38Cl2N8O5. The number of aliphatic hydroxyl groups excluding tert-OH is 1. The first-order valence-electron chi connectivity index (χ1n) is 16.5. The van der Waals surface area contributed by atoms with Gasteiger partial charge in [-0.25, -0.2) is 23.7 Å². The Labute approximate surface area is 299 Å². The number of rotatable bonds is 11. The van der Waals surface area contributed by atoms with Gasteiger partial charge in [-0.2, -0.15) is 10.2 Å². The summed E-state index contributed by atoms with van der Waals surface area (Å²) >= 11 is 12.7. The first-order valence-corrected chi connectivity index (χ1v) is 17.2. The first-order chi connectivity index (χ1) is 24.2. The zero-order valence-corrected chi connectivity index (χ0v) is 29.2. The molecule has 2 aromatic heterocycles. The highest BCUT2D eigenvalue weighted by Crippen LogP contribution is 2.40. The molecule has 0 radical (unpaired) electrons. The average molecular weight is 722 g/mol. The number of ether oxygens (including phenoxy) is 3. The van der Waals surface area contributed by atoms with E-state index in [1.807, 2.05) is 42.5 Å². The van der Waals surface area contributed by atoms with E-state index < -0.39 is 17.9 Å².